The number of nitrogens with zero attached hydrogens (tertiary/aromatic N) is 3. The summed E-state index contributed by atoms with van der Waals surface area (Å²) in [5.41, 5.74) is 3.74. The van der Waals surface area contributed by atoms with Crippen molar-refractivity contribution in [3.8, 4) is 0 Å². The molecule has 1 N–H and O–H groups in total. The highest BCUT2D eigenvalue weighted by atomic mass is 16.5. The minimum atomic E-state index is 0.294. The summed E-state index contributed by atoms with van der Waals surface area (Å²) in [6, 6.07) is 0.311. The van der Waals surface area contributed by atoms with Crippen LogP contribution in [-0.2, 0) is 11.3 Å². The molecule has 2 rings (SSSR count). The molecular weight excluding hydrogens is 264 g/mol. The first kappa shape index (κ1) is 16.5. The molecule has 0 spiro atoms. The van der Waals surface area contributed by atoms with Crippen LogP contribution in [0.1, 0.15) is 43.8 Å². The molecule has 1 saturated heterocycles. The summed E-state index contributed by atoms with van der Waals surface area (Å²) in [7, 11) is 0. The third kappa shape index (κ3) is 3.84. The van der Waals surface area contributed by atoms with Gasteiger partial charge in [0.1, 0.15) is 0 Å². The number of aromatic nitrogens is 2. The summed E-state index contributed by atoms with van der Waals surface area (Å²) < 4.78 is 7.94. The van der Waals surface area contributed by atoms with E-state index in [1.807, 2.05) is 0 Å². The maximum absolute atomic E-state index is 5.86. The highest BCUT2D eigenvalue weighted by molar-refractivity contribution is 5.27. The van der Waals surface area contributed by atoms with E-state index in [2.05, 4.69) is 54.6 Å². The molecule has 0 radical (unpaired) electrons. The molecule has 2 unspecified atom stereocenters. The fourth-order valence-electron chi connectivity index (χ4n) is 3.25. The van der Waals surface area contributed by atoms with E-state index < -0.39 is 0 Å². The Morgan fingerprint density at radius 2 is 2.10 bits per heavy atom. The van der Waals surface area contributed by atoms with Crippen molar-refractivity contribution in [1.29, 1.82) is 0 Å². The van der Waals surface area contributed by atoms with Crippen LogP contribution in [-0.4, -0.2) is 53.6 Å². The molecule has 1 aliphatic rings. The lowest BCUT2D eigenvalue weighted by molar-refractivity contribution is -0.0262. The van der Waals surface area contributed by atoms with Crippen LogP contribution in [0, 0.1) is 13.8 Å². The van der Waals surface area contributed by atoms with E-state index in [1.165, 1.54) is 11.3 Å². The van der Waals surface area contributed by atoms with Gasteiger partial charge in [-0.1, -0.05) is 6.92 Å². The average Bonchev–Trinajstić information content (AvgIpc) is 2.79. The largest absolute Gasteiger partial charge is 0.374 e. The van der Waals surface area contributed by atoms with Crippen molar-refractivity contribution in [2.45, 2.75) is 53.3 Å². The Hall–Kier alpha value is -0.910. The van der Waals surface area contributed by atoms with Crippen molar-refractivity contribution in [2.75, 3.05) is 32.8 Å². The van der Waals surface area contributed by atoms with Gasteiger partial charge in [-0.25, -0.2) is 0 Å². The van der Waals surface area contributed by atoms with E-state index in [0.29, 0.717) is 12.1 Å². The van der Waals surface area contributed by atoms with Gasteiger partial charge in [-0.05, 0) is 34.2 Å². The van der Waals surface area contributed by atoms with Gasteiger partial charge in [0.2, 0.25) is 0 Å². The fourth-order valence-corrected chi connectivity index (χ4v) is 3.25. The Labute approximate surface area is 128 Å². The van der Waals surface area contributed by atoms with Crippen LogP contribution >= 0.6 is 0 Å². The van der Waals surface area contributed by atoms with E-state index in [1.54, 1.807) is 0 Å². The monoisotopic (exact) mass is 294 g/mol. The van der Waals surface area contributed by atoms with Crippen molar-refractivity contribution in [3.05, 3.63) is 17.0 Å². The molecule has 2 heterocycles. The Morgan fingerprint density at radius 3 is 2.71 bits per heavy atom. The summed E-state index contributed by atoms with van der Waals surface area (Å²) in [5.74, 6) is 0. The van der Waals surface area contributed by atoms with Crippen molar-refractivity contribution in [3.63, 3.8) is 0 Å². The van der Waals surface area contributed by atoms with Crippen LogP contribution in [0.15, 0.2) is 0 Å². The Kier molecular flexibility index (Phi) is 5.79. The normalized spacial score (nSPS) is 21.7. The molecule has 1 aliphatic heterocycles. The van der Waals surface area contributed by atoms with Crippen molar-refractivity contribution < 1.29 is 4.74 Å². The standard InChI is InChI=1S/C16H30N4O/c1-6-19-8-9-21-15(11-19)10-17-12(3)16-13(4)18-20(7-2)14(16)5/h12,15,17H,6-11H2,1-5H3. The Balaban J connectivity index is 1.92. The second-order valence-corrected chi connectivity index (χ2v) is 5.92. The molecule has 1 aromatic rings. The van der Waals surface area contributed by atoms with Gasteiger partial charge in [0.05, 0.1) is 18.4 Å². The second kappa shape index (κ2) is 7.38. The zero-order valence-corrected chi connectivity index (χ0v) is 14.1. The lowest BCUT2D eigenvalue weighted by Gasteiger charge is -2.32. The lowest BCUT2D eigenvalue weighted by Crippen LogP contribution is -2.46. The van der Waals surface area contributed by atoms with Gasteiger partial charge in [-0.15, -0.1) is 0 Å². The van der Waals surface area contributed by atoms with Crippen LogP contribution in [0.25, 0.3) is 0 Å². The van der Waals surface area contributed by atoms with Gasteiger partial charge in [-0.2, -0.15) is 5.10 Å². The molecule has 2 atom stereocenters. The number of rotatable bonds is 6. The molecule has 0 amide bonds. The minimum absolute atomic E-state index is 0.294. The SMILES string of the molecule is CCN1CCOC(CNC(C)c2c(C)nn(CC)c2C)C1. The number of nitrogens with one attached hydrogen (secondary N) is 1. The Bertz CT molecular complexity index is 457. The van der Waals surface area contributed by atoms with E-state index >= 15 is 0 Å². The molecule has 5 heteroatoms. The highest BCUT2D eigenvalue weighted by Crippen LogP contribution is 2.21. The molecule has 1 aromatic heterocycles. The third-order valence-corrected chi connectivity index (χ3v) is 4.49. The maximum Gasteiger partial charge on any atom is 0.0826 e. The molecule has 0 aliphatic carbocycles. The number of hydrogen-bond acceptors (Lipinski definition) is 4. The van der Waals surface area contributed by atoms with Crippen molar-refractivity contribution in [1.82, 2.24) is 20.0 Å². The zero-order chi connectivity index (χ0) is 15.4. The van der Waals surface area contributed by atoms with E-state index in [4.69, 9.17) is 4.74 Å². The van der Waals surface area contributed by atoms with Gasteiger partial charge in [-0.3, -0.25) is 9.58 Å². The van der Waals surface area contributed by atoms with E-state index in [-0.39, 0.29) is 0 Å². The predicted octanol–water partition coefficient (Wildman–Crippen LogP) is 1.89. The number of ether oxygens (including phenoxy) is 1. The molecule has 120 valence electrons. The van der Waals surface area contributed by atoms with Crippen molar-refractivity contribution in [2.24, 2.45) is 0 Å². The lowest BCUT2D eigenvalue weighted by atomic mass is 10.1. The van der Waals surface area contributed by atoms with Gasteiger partial charge in [0.15, 0.2) is 0 Å². The Morgan fingerprint density at radius 1 is 1.33 bits per heavy atom. The van der Waals surface area contributed by atoms with Crippen LogP contribution < -0.4 is 5.32 Å². The van der Waals surface area contributed by atoms with Crippen LogP contribution in [0.4, 0.5) is 0 Å². The maximum atomic E-state index is 5.86. The summed E-state index contributed by atoms with van der Waals surface area (Å²) in [6.07, 6.45) is 0.294. The number of morpholine rings is 1. The smallest absolute Gasteiger partial charge is 0.0826 e. The molecular formula is C16H30N4O. The van der Waals surface area contributed by atoms with E-state index in [0.717, 1.165) is 45.0 Å². The summed E-state index contributed by atoms with van der Waals surface area (Å²) >= 11 is 0. The zero-order valence-electron chi connectivity index (χ0n) is 14.1. The minimum Gasteiger partial charge on any atom is -0.374 e. The van der Waals surface area contributed by atoms with Gasteiger partial charge >= 0.3 is 0 Å². The third-order valence-electron chi connectivity index (χ3n) is 4.49. The van der Waals surface area contributed by atoms with Gasteiger partial charge in [0, 0.05) is 43.5 Å². The van der Waals surface area contributed by atoms with Crippen LogP contribution in [0.3, 0.4) is 0 Å². The average molecular weight is 294 g/mol. The molecule has 21 heavy (non-hydrogen) atoms. The summed E-state index contributed by atoms with van der Waals surface area (Å²) in [6.45, 7) is 16.7. The van der Waals surface area contributed by atoms with Gasteiger partial charge in [0.25, 0.3) is 0 Å². The van der Waals surface area contributed by atoms with Crippen molar-refractivity contribution >= 4 is 0 Å². The molecule has 1 fully saturated rings. The predicted molar refractivity (Wildman–Crippen MR) is 85.6 cm³/mol. The number of aryl methyl sites for hydroxylation is 2. The highest BCUT2D eigenvalue weighted by Gasteiger charge is 2.21. The van der Waals surface area contributed by atoms with Crippen LogP contribution in [0.5, 0.6) is 0 Å². The second-order valence-electron chi connectivity index (χ2n) is 5.92. The van der Waals surface area contributed by atoms with Crippen LogP contribution in [0.2, 0.25) is 0 Å². The first-order valence-electron chi connectivity index (χ1n) is 8.18. The number of likely N-dealkylation sites (N-methyl/N-ethyl adjacent to an activating group) is 1. The molecule has 0 aromatic carbocycles. The summed E-state index contributed by atoms with van der Waals surface area (Å²) in [5, 5.41) is 8.23. The summed E-state index contributed by atoms with van der Waals surface area (Å²) in [4.78, 5) is 2.45. The molecule has 0 bridgehead atoms. The topological polar surface area (TPSA) is 42.3 Å². The first-order chi connectivity index (χ1) is 10.1. The molecule has 5 nitrogen and oxygen atoms in total. The quantitative estimate of drug-likeness (QED) is 0.870. The first-order valence-corrected chi connectivity index (χ1v) is 8.18. The number of hydrogen-bond donors (Lipinski definition) is 1. The fraction of sp³-hybridized carbons (Fsp3) is 0.812. The molecule has 0 saturated carbocycles. The van der Waals surface area contributed by atoms with Gasteiger partial charge < -0.3 is 10.1 Å². The van der Waals surface area contributed by atoms with E-state index in [9.17, 15) is 0 Å².